The fraction of sp³-hybridized carbons (Fsp3) is 0.357. The van der Waals surface area contributed by atoms with Gasteiger partial charge in [-0.15, -0.1) is 0 Å². The number of benzene rings is 1. The second kappa shape index (κ2) is 8.32. The van der Waals surface area contributed by atoms with Crippen LogP contribution in [-0.4, -0.2) is 17.5 Å². The smallest absolute Gasteiger partial charge is 0.240 e. The average molecular weight is 296 g/mol. The summed E-state index contributed by atoms with van der Waals surface area (Å²) in [6.45, 7) is 3.77. The Bertz CT molecular complexity index is 515. The van der Waals surface area contributed by atoms with Gasteiger partial charge in [-0.25, -0.2) is 5.43 Å². The summed E-state index contributed by atoms with van der Waals surface area (Å²) in [6.07, 6.45) is 0.932. The third-order valence-corrected chi connectivity index (χ3v) is 2.94. The van der Waals surface area contributed by atoms with Crippen molar-refractivity contribution in [1.82, 2.24) is 5.43 Å². The minimum absolute atomic E-state index is 0.0801. The van der Waals surface area contributed by atoms with Gasteiger partial charge < -0.3 is 5.32 Å². The summed E-state index contributed by atoms with van der Waals surface area (Å²) < 4.78 is 0. The molecule has 2 amide bonds. The highest BCUT2D eigenvalue weighted by molar-refractivity contribution is 6.33. The summed E-state index contributed by atoms with van der Waals surface area (Å²) in [7, 11) is 0. The molecule has 0 bridgehead atoms. The van der Waals surface area contributed by atoms with Crippen molar-refractivity contribution in [3.05, 3.63) is 29.3 Å². The number of nitrogens with one attached hydrogen (secondary N) is 2. The number of rotatable bonds is 6. The first-order valence-electron chi connectivity index (χ1n) is 6.39. The standard InChI is InChI=1S/C14H18ClN3O2/c1-3-10(2)17-18-14(20)9-8-13(19)16-12-7-5-4-6-11(12)15/h4-7H,3,8-9H2,1-2H3,(H,16,19)(H,18,20). The normalized spacial score (nSPS) is 11.1. The monoisotopic (exact) mass is 295 g/mol. The molecule has 0 aliphatic heterocycles. The Morgan fingerprint density at radius 1 is 1.20 bits per heavy atom. The van der Waals surface area contributed by atoms with E-state index in [4.69, 9.17) is 11.6 Å². The molecule has 1 aromatic carbocycles. The van der Waals surface area contributed by atoms with E-state index in [9.17, 15) is 9.59 Å². The predicted octanol–water partition coefficient (Wildman–Crippen LogP) is 2.96. The van der Waals surface area contributed by atoms with Crippen LogP contribution in [0.15, 0.2) is 29.4 Å². The topological polar surface area (TPSA) is 70.6 Å². The van der Waals surface area contributed by atoms with E-state index in [-0.39, 0.29) is 24.7 Å². The number of para-hydroxylation sites is 1. The predicted molar refractivity (Wildman–Crippen MR) is 80.9 cm³/mol. The van der Waals surface area contributed by atoms with Gasteiger partial charge in [0.1, 0.15) is 0 Å². The van der Waals surface area contributed by atoms with Gasteiger partial charge in [0.25, 0.3) is 0 Å². The Kier molecular flexibility index (Phi) is 6.73. The van der Waals surface area contributed by atoms with E-state index in [0.29, 0.717) is 10.7 Å². The fourth-order valence-electron chi connectivity index (χ4n) is 1.30. The Morgan fingerprint density at radius 2 is 1.85 bits per heavy atom. The summed E-state index contributed by atoms with van der Waals surface area (Å²) in [6, 6.07) is 6.94. The molecule has 0 heterocycles. The van der Waals surface area contributed by atoms with Gasteiger partial charge >= 0.3 is 0 Å². The summed E-state index contributed by atoms with van der Waals surface area (Å²) in [4.78, 5) is 23.1. The van der Waals surface area contributed by atoms with Crippen molar-refractivity contribution in [2.75, 3.05) is 5.32 Å². The van der Waals surface area contributed by atoms with Gasteiger partial charge in [-0.3, -0.25) is 9.59 Å². The lowest BCUT2D eigenvalue weighted by atomic mass is 10.2. The highest BCUT2D eigenvalue weighted by Crippen LogP contribution is 2.20. The first-order chi connectivity index (χ1) is 9.52. The second-order valence-electron chi connectivity index (χ2n) is 4.26. The molecule has 0 radical (unpaired) electrons. The molecule has 1 rings (SSSR count). The number of anilines is 1. The summed E-state index contributed by atoms with van der Waals surface area (Å²) in [5.41, 5.74) is 3.78. The van der Waals surface area contributed by atoms with E-state index in [1.807, 2.05) is 13.8 Å². The van der Waals surface area contributed by atoms with Crippen LogP contribution in [0.25, 0.3) is 0 Å². The molecule has 0 unspecified atom stereocenters. The lowest BCUT2D eigenvalue weighted by Gasteiger charge is -2.06. The molecular weight excluding hydrogens is 278 g/mol. The largest absolute Gasteiger partial charge is 0.325 e. The van der Waals surface area contributed by atoms with Crippen LogP contribution < -0.4 is 10.7 Å². The fourth-order valence-corrected chi connectivity index (χ4v) is 1.48. The Hall–Kier alpha value is -1.88. The van der Waals surface area contributed by atoms with E-state index in [1.54, 1.807) is 24.3 Å². The van der Waals surface area contributed by atoms with Gasteiger partial charge in [-0.05, 0) is 25.5 Å². The lowest BCUT2D eigenvalue weighted by Crippen LogP contribution is -2.21. The molecule has 0 fully saturated rings. The molecule has 1 aromatic rings. The highest BCUT2D eigenvalue weighted by atomic mass is 35.5. The number of hydrazone groups is 1. The summed E-state index contributed by atoms with van der Waals surface area (Å²) >= 11 is 5.92. The third-order valence-electron chi connectivity index (χ3n) is 2.61. The van der Waals surface area contributed by atoms with E-state index in [2.05, 4.69) is 15.8 Å². The molecule has 20 heavy (non-hydrogen) atoms. The van der Waals surface area contributed by atoms with Gasteiger partial charge in [0.15, 0.2) is 0 Å². The van der Waals surface area contributed by atoms with Gasteiger partial charge in [0.05, 0.1) is 10.7 Å². The average Bonchev–Trinajstić information content (AvgIpc) is 2.45. The van der Waals surface area contributed by atoms with Crippen molar-refractivity contribution >= 4 is 34.8 Å². The Labute approximate surface area is 123 Å². The van der Waals surface area contributed by atoms with Gasteiger partial charge in [0.2, 0.25) is 11.8 Å². The van der Waals surface area contributed by atoms with Crippen molar-refractivity contribution in [3.8, 4) is 0 Å². The van der Waals surface area contributed by atoms with E-state index in [1.165, 1.54) is 0 Å². The molecule has 6 heteroatoms. The maximum atomic E-state index is 11.7. The minimum atomic E-state index is -0.285. The van der Waals surface area contributed by atoms with Gasteiger partial charge in [-0.1, -0.05) is 30.7 Å². The van der Waals surface area contributed by atoms with Gasteiger partial charge in [-0.2, -0.15) is 5.10 Å². The van der Waals surface area contributed by atoms with Crippen molar-refractivity contribution in [3.63, 3.8) is 0 Å². The molecule has 0 saturated carbocycles. The molecule has 0 saturated heterocycles. The first kappa shape index (κ1) is 16.2. The molecule has 0 spiro atoms. The van der Waals surface area contributed by atoms with Crippen LogP contribution in [0.2, 0.25) is 5.02 Å². The van der Waals surface area contributed by atoms with Crippen molar-refractivity contribution in [2.45, 2.75) is 33.1 Å². The summed E-state index contributed by atoms with van der Waals surface area (Å²) in [5, 5.41) is 7.00. The maximum Gasteiger partial charge on any atom is 0.240 e. The summed E-state index contributed by atoms with van der Waals surface area (Å²) in [5.74, 6) is -0.545. The van der Waals surface area contributed by atoms with Crippen molar-refractivity contribution < 1.29 is 9.59 Å². The number of carbonyl (C=O) groups excluding carboxylic acids is 2. The number of nitrogens with zero attached hydrogens (tertiary/aromatic N) is 1. The maximum absolute atomic E-state index is 11.7. The van der Waals surface area contributed by atoms with Crippen molar-refractivity contribution in [1.29, 1.82) is 0 Å². The van der Waals surface area contributed by atoms with Crippen LogP contribution in [0.5, 0.6) is 0 Å². The highest BCUT2D eigenvalue weighted by Gasteiger charge is 2.08. The molecule has 0 atom stereocenters. The number of carbonyl (C=O) groups is 2. The van der Waals surface area contributed by atoms with E-state index >= 15 is 0 Å². The number of hydrogen-bond acceptors (Lipinski definition) is 3. The first-order valence-corrected chi connectivity index (χ1v) is 6.77. The molecule has 0 aromatic heterocycles. The zero-order valence-corrected chi connectivity index (χ0v) is 12.3. The van der Waals surface area contributed by atoms with E-state index < -0.39 is 0 Å². The van der Waals surface area contributed by atoms with Crippen LogP contribution in [0, 0.1) is 0 Å². The molecule has 5 nitrogen and oxygen atoms in total. The van der Waals surface area contributed by atoms with Gasteiger partial charge in [0, 0.05) is 18.6 Å². The molecule has 0 aliphatic carbocycles. The van der Waals surface area contributed by atoms with Crippen LogP contribution in [0.1, 0.15) is 33.1 Å². The second-order valence-corrected chi connectivity index (χ2v) is 4.67. The van der Waals surface area contributed by atoms with Crippen LogP contribution >= 0.6 is 11.6 Å². The number of halogens is 1. The number of hydrogen-bond donors (Lipinski definition) is 2. The minimum Gasteiger partial charge on any atom is -0.325 e. The van der Waals surface area contributed by atoms with Crippen LogP contribution in [0.3, 0.4) is 0 Å². The van der Waals surface area contributed by atoms with Crippen LogP contribution in [0.4, 0.5) is 5.69 Å². The lowest BCUT2D eigenvalue weighted by molar-refractivity contribution is -0.124. The van der Waals surface area contributed by atoms with E-state index in [0.717, 1.165) is 12.1 Å². The molecule has 0 aliphatic rings. The molecular formula is C14H18ClN3O2. The number of amides is 2. The third kappa shape index (κ3) is 5.84. The van der Waals surface area contributed by atoms with Crippen LogP contribution in [-0.2, 0) is 9.59 Å². The zero-order valence-electron chi connectivity index (χ0n) is 11.6. The zero-order chi connectivity index (χ0) is 15.0. The quantitative estimate of drug-likeness (QED) is 0.625. The van der Waals surface area contributed by atoms with Crippen molar-refractivity contribution in [2.24, 2.45) is 5.10 Å². The molecule has 108 valence electrons. The Morgan fingerprint density at radius 3 is 2.50 bits per heavy atom. The molecule has 2 N–H and O–H groups in total. The SMILES string of the molecule is CCC(C)=NNC(=O)CCC(=O)Nc1ccccc1Cl. The Balaban J connectivity index is 2.37.